The number of aliphatic hydroxyl groups excluding tert-OH is 1. The SMILES string of the molecule is CCCCN(C(=O)C(CO)NC(=O)OC(C)(C)C)C(C(=O)NC1CCCCC1)c1ccc(CC)cc1. The number of unbranched alkanes of at least 4 members (excludes halogenated alkanes) is 1. The van der Waals surface area contributed by atoms with Crippen molar-refractivity contribution < 1.29 is 24.2 Å². The van der Waals surface area contributed by atoms with E-state index < -0.39 is 36.3 Å². The summed E-state index contributed by atoms with van der Waals surface area (Å²) in [6.45, 7) is 8.96. The highest BCUT2D eigenvalue weighted by Gasteiger charge is 2.36. The number of nitrogens with zero attached hydrogens (tertiary/aromatic N) is 1. The van der Waals surface area contributed by atoms with Gasteiger partial charge < -0.3 is 25.4 Å². The van der Waals surface area contributed by atoms with Crippen LogP contribution in [0.15, 0.2) is 24.3 Å². The van der Waals surface area contributed by atoms with Gasteiger partial charge in [0.05, 0.1) is 6.61 Å². The van der Waals surface area contributed by atoms with Crippen LogP contribution in [0.1, 0.15) is 96.7 Å². The second kappa shape index (κ2) is 14.2. The molecule has 0 bridgehead atoms. The third kappa shape index (κ3) is 9.12. The first-order valence-corrected chi connectivity index (χ1v) is 13.4. The number of benzene rings is 1. The predicted octanol–water partition coefficient (Wildman–Crippen LogP) is 4.25. The standard InChI is InChI=1S/C28H45N3O5/c1-6-8-18-31(26(34)23(19-32)30-27(35)36-28(3,4)5)24(21-16-14-20(7-2)15-17-21)25(33)29-22-12-10-9-11-13-22/h14-17,22-24,32H,6-13,18-19H2,1-5H3,(H,29,33)(H,30,35). The molecule has 3 N–H and O–H groups in total. The second-order valence-corrected chi connectivity index (χ2v) is 10.6. The van der Waals surface area contributed by atoms with Gasteiger partial charge in [0.25, 0.3) is 0 Å². The summed E-state index contributed by atoms with van der Waals surface area (Å²) in [5.74, 6) is -0.746. The molecule has 36 heavy (non-hydrogen) atoms. The number of nitrogens with one attached hydrogen (secondary N) is 2. The van der Waals surface area contributed by atoms with E-state index in [0.29, 0.717) is 18.5 Å². The highest BCUT2D eigenvalue weighted by Crippen LogP contribution is 2.26. The number of rotatable bonds is 11. The Morgan fingerprint density at radius 2 is 1.72 bits per heavy atom. The van der Waals surface area contributed by atoms with Crippen molar-refractivity contribution in [3.8, 4) is 0 Å². The molecule has 0 saturated heterocycles. The first-order chi connectivity index (χ1) is 17.1. The van der Waals surface area contributed by atoms with Crippen LogP contribution in [-0.2, 0) is 20.7 Å². The molecule has 1 aliphatic rings. The van der Waals surface area contributed by atoms with E-state index in [1.54, 1.807) is 20.8 Å². The molecule has 0 radical (unpaired) electrons. The Kier molecular flexibility index (Phi) is 11.7. The minimum absolute atomic E-state index is 0.0836. The maximum atomic E-state index is 13.7. The van der Waals surface area contributed by atoms with Crippen LogP contribution >= 0.6 is 0 Å². The van der Waals surface area contributed by atoms with E-state index in [9.17, 15) is 19.5 Å². The maximum Gasteiger partial charge on any atom is 0.408 e. The first kappa shape index (κ1) is 29.6. The molecule has 0 aliphatic heterocycles. The van der Waals surface area contributed by atoms with Gasteiger partial charge in [-0.3, -0.25) is 9.59 Å². The van der Waals surface area contributed by atoms with E-state index in [0.717, 1.165) is 44.1 Å². The molecule has 0 aromatic heterocycles. The third-order valence-corrected chi connectivity index (χ3v) is 6.42. The smallest absolute Gasteiger partial charge is 0.408 e. The van der Waals surface area contributed by atoms with E-state index in [1.165, 1.54) is 11.3 Å². The summed E-state index contributed by atoms with van der Waals surface area (Å²) in [6.07, 6.45) is 6.74. The van der Waals surface area contributed by atoms with Crippen LogP contribution < -0.4 is 10.6 Å². The number of ether oxygens (including phenoxy) is 1. The second-order valence-electron chi connectivity index (χ2n) is 10.6. The fraction of sp³-hybridized carbons (Fsp3) is 0.679. The van der Waals surface area contributed by atoms with Gasteiger partial charge in [0, 0.05) is 12.6 Å². The van der Waals surface area contributed by atoms with Gasteiger partial charge in [0.1, 0.15) is 17.7 Å². The Balaban J connectivity index is 2.38. The molecule has 1 saturated carbocycles. The molecule has 1 aromatic carbocycles. The third-order valence-electron chi connectivity index (χ3n) is 6.42. The fourth-order valence-corrected chi connectivity index (χ4v) is 4.47. The van der Waals surface area contributed by atoms with E-state index in [4.69, 9.17) is 4.74 Å². The fourth-order valence-electron chi connectivity index (χ4n) is 4.47. The van der Waals surface area contributed by atoms with Crippen LogP contribution in [0.25, 0.3) is 0 Å². The number of carbonyl (C=O) groups is 3. The lowest BCUT2D eigenvalue weighted by Gasteiger charge is -2.35. The van der Waals surface area contributed by atoms with Crippen LogP contribution in [-0.4, -0.2) is 58.8 Å². The average Bonchev–Trinajstić information content (AvgIpc) is 2.84. The van der Waals surface area contributed by atoms with Gasteiger partial charge in [-0.1, -0.05) is 63.8 Å². The van der Waals surface area contributed by atoms with E-state index in [2.05, 4.69) is 17.6 Å². The van der Waals surface area contributed by atoms with E-state index >= 15 is 0 Å². The highest BCUT2D eigenvalue weighted by atomic mass is 16.6. The lowest BCUT2D eigenvalue weighted by Crippen LogP contribution is -2.55. The van der Waals surface area contributed by atoms with Crippen molar-refractivity contribution in [2.75, 3.05) is 13.2 Å². The Hall–Kier alpha value is -2.61. The molecule has 2 unspecified atom stereocenters. The molecule has 1 aliphatic carbocycles. The number of alkyl carbamates (subject to hydrolysis) is 1. The van der Waals surface area contributed by atoms with Gasteiger partial charge in [-0.05, 0) is 57.6 Å². The topological polar surface area (TPSA) is 108 Å². The lowest BCUT2D eigenvalue weighted by atomic mass is 9.94. The molecule has 8 heteroatoms. The molecule has 1 fully saturated rings. The van der Waals surface area contributed by atoms with Crippen LogP contribution in [0.3, 0.4) is 0 Å². The molecule has 1 aromatic rings. The van der Waals surface area contributed by atoms with Crippen molar-refractivity contribution in [3.63, 3.8) is 0 Å². The number of aliphatic hydroxyl groups is 1. The Morgan fingerprint density at radius 3 is 2.25 bits per heavy atom. The molecule has 0 spiro atoms. The van der Waals surface area contributed by atoms with Crippen LogP contribution in [0.4, 0.5) is 4.79 Å². The van der Waals surface area contributed by atoms with Gasteiger partial charge in [-0.15, -0.1) is 0 Å². The molecule has 0 heterocycles. The zero-order valence-electron chi connectivity index (χ0n) is 22.6. The largest absolute Gasteiger partial charge is 0.444 e. The minimum atomic E-state index is -1.23. The summed E-state index contributed by atoms with van der Waals surface area (Å²) in [7, 11) is 0. The van der Waals surface area contributed by atoms with Crippen molar-refractivity contribution in [3.05, 3.63) is 35.4 Å². The van der Waals surface area contributed by atoms with Crippen LogP contribution in [0.2, 0.25) is 0 Å². The molecule has 202 valence electrons. The van der Waals surface area contributed by atoms with Crippen LogP contribution in [0.5, 0.6) is 0 Å². The molecule has 2 rings (SSSR count). The van der Waals surface area contributed by atoms with Gasteiger partial charge in [0.2, 0.25) is 11.8 Å². The van der Waals surface area contributed by atoms with E-state index in [1.807, 2.05) is 31.2 Å². The Bertz CT molecular complexity index is 844. The number of hydrogen-bond acceptors (Lipinski definition) is 5. The summed E-state index contributed by atoms with van der Waals surface area (Å²) in [5.41, 5.74) is 1.09. The summed E-state index contributed by atoms with van der Waals surface area (Å²) >= 11 is 0. The van der Waals surface area contributed by atoms with Crippen molar-refractivity contribution in [2.45, 2.75) is 110 Å². The molecular formula is C28H45N3O5. The zero-order valence-corrected chi connectivity index (χ0v) is 22.6. The molecule has 8 nitrogen and oxygen atoms in total. The summed E-state index contributed by atoms with van der Waals surface area (Å²) in [6, 6.07) is 5.72. The monoisotopic (exact) mass is 503 g/mol. The van der Waals surface area contributed by atoms with Gasteiger partial charge in [-0.25, -0.2) is 4.79 Å². The lowest BCUT2D eigenvalue weighted by molar-refractivity contribution is -0.143. The number of hydrogen-bond donors (Lipinski definition) is 3. The average molecular weight is 504 g/mol. The van der Waals surface area contributed by atoms with E-state index in [-0.39, 0.29) is 11.9 Å². The number of aryl methyl sites for hydroxylation is 1. The molecular weight excluding hydrogens is 458 g/mol. The van der Waals surface area contributed by atoms with Crippen LogP contribution in [0, 0.1) is 0 Å². The van der Waals surface area contributed by atoms with Crippen molar-refractivity contribution in [2.24, 2.45) is 0 Å². The summed E-state index contributed by atoms with van der Waals surface area (Å²) < 4.78 is 5.29. The Labute approximate surface area is 216 Å². The predicted molar refractivity (Wildman–Crippen MR) is 140 cm³/mol. The first-order valence-electron chi connectivity index (χ1n) is 13.4. The van der Waals surface area contributed by atoms with Crippen molar-refractivity contribution in [1.29, 1.82) is 0 Å². The normalized spacial score (nSPS) is 16.1. The quantitative estimate of drug-likeness (QED) is 0.418. The van der Waals surface area contributed by atoms with Crippen molar-refractivity contribution in [1.82, 2.24) is 15.5 Å². The Morgan fingerprint density at radius 1 is 1.08 bits per heavy atom. The number of carbonyl (C=O) groups excluding carboxylic acids is 3. The van der Waals surface area contributed by atoms with Crippen molar-refractivity contribution >= 4 is 17.9 Å². The van der Waals surface area contributed by atoms with Gasteiger partial charge in [-0.2, -0.15) is 0 Å². The molecule has 2 atom stereocenters. The zero-order chi connectivity index (χ0) is 26.7. The summed E-state index contributed by atoms with van der Waals surface area (Å²) in [5, 5.41) is 15.7. The minimum Gasteiger partial charge on any atom is -0.444 e. The number of amides is 3. The highest BCUT2D eigenvalue weighted by molar-refractivity contribution is 5.92. The van der Waals surface area contributed by atoms with Gasteiger partial charge >= 0.3 is 6.09 Å². The maximum absolute atomic E-state index is 13.7. The molecule has 3 amide bonds. The summed E-state index contributed by atoms with van der Waals surface area (Å²) in [4.78, 5) is 41.3. The van der Waals surface area contributed by atoms with Gasteiger partial charge in [0.15, 0.2) is 0 Å².